The zero-order valence-electron chi connectivity index (χ0n) is 12.6. The average Bonchev–Trinajstić information content (AvgIpc) is 2.53. The second kappa shape index (κ2) is 6.35. The predicted octanol–water partition coefficient (Wildman–Crippen LogP) is 3.98. The molecule has 0 amide bonds. The first-order valence-corrected chi connectivity index (χ1v) is 7.24. The Hall–Kier alpha value is -2.75. The molecule has 2 aromatic heterocycles. The van der Waals surface area contributed by atoms with E-state index >= 15 is 0 Å². The molecule has 110 valence electrons. The van der Waals surface area contributed by atoms with Gasteiger partial charge in [0.25, 0.3) is 0 Å². The second-order valence-electron chi connectivity index (χ2n) is 5.19. The molecule has 0 spiro atoms. The van der Waals surface area contributed by atoms with E-state index < -0.39 is 0 Å². The highest BCUT2D eigenvalue weighted by molar-refractivity contribution is 5.78. The minimum Gasteiger partial charge on any atom is -0.473 e. The molecule has 0 unspecified atom stereocenters. The summed E-state index contributed by atoms with van der Waals surface area (Å²) in [6, 6.07) is 11.7. The van der Waals surface area contributed by atoms with Gasteiger partial charge in [0.1, 0.15) is 5.69 Å². The third kappa shape index (κ3) is 3.28. The molecule has 0 aliphatic heterocycles. The van der Waals surface area contributed by atoms with Crippen molar-refractivity contribution in [3.63, 3.8) is 0 Å². The van der Waals surface area contributed by atoms with Crippen LogP contribution in [0, 0.1) is 0 Å². The standard InChI is InChI=1S/C18H17N3O/c1-13(2)22-18-17(10-9-14-6-5-11-19-12-14)20-15-7-3-4-8-16(15)21-18/h3-13H,1-2H3. The second-order valence-corrected chi connectivity index (χ2v) is 5.19. The first-order chi connectivity index (χ1) is 10.7. The van der Waals surface area contributed by atoms with Crippen LogP contribution in [0.25, 0.3) is 23.2 Å². The van der Waals surface area contributed by atoms with Crippen LogP contribution in [0.3, 0.4) is 0 Å². The number of nitrogens with zero attached hydrogens (tertiary/aromatic N) is 3. The van der Waals surface area contributed by atoms with E-state index in [1.807, 2.05) is 62.4 Å². The summed E-state index contributed by atoms with van der Waals surface area (Å²) in [5, 5.41) is 0. The summed E-state index contributed by atoms with van der Waals surface area (Å²) in [6.07, 6.45) is 7.46. The van der Waals surface area contributed by atoms with Gasteiger partial charge in [0, 0.05) is 12.4 Å². The molecule has 0 bridgehead atoms. The topological polar surface area (TPSA) is 47.9 Å². The van der Waals surface area contributed by atoms with E-state index in [0.29, 0.717) is 5.88 Å². The van der Waals surface area contributed by atoms with Crippen molar-refractivity contribution in [1.82, 2.24) is 15.0 Å². The summed E-state index contributed by atoms with van der Waals surface area (Å²) in [6.45, 7) is 3.96. The minimum atomic E-state index is 0.0426. The zero-order valence-corrected chi connectivity index (χ0v) is 12.6. The number of benzene rings is 1. The Labute approximate surface area is 129 Å². The average molecular weight is 291 g/mol. The summed E-state index contributed by atoms with van der Waals surface area (Å²) >= 11 is 0. The van der Waals surface area contributed by atoms with Gasteiger partial charge in [-0.05, 0) is 43.7 Å². The number of ether oxygens (including phenoxy) is 1. The van der Waals surface area contributed by atoms with E-state index in [1.165, 1.54) is 0 Å². The van der Waals surface area contributed by atoms with Crippen LogP contribution in [-0.2, 0) is 0 Å². The Morgan fingerprint density at radius 2 is 1.73 bits per heavy atom. The number of rotatable bonds is 4. The minimum absolute atomic E-state index is 0.0426. The van der Waals surface area contributed by atoms with Crippen LogP contribution in [0.1, 0.15) is 25.1 Å². The molecule has 22 heavy (non-hydrogen) atoms. The van der Waals surface area contributed by atoms with Crippen molar-refractivity contribution in [2.45, 2.75) is 20.0 Å². The SMILES string of the molecule is CC(C)Oc1nc2ccccc2nc1C=Cc1cccnc1. The van der Waals surface area contributed by atoms with Crippen LogP contribution in [-0.4, -0.2) is 21.1 Å². The molecular weight excluding hydrogens is 274 g/mol. The van der Waals surface area contributed by atoms with Gasteiger partial charge in [0.2, 0.25) is 5.88 Å². The third-order valence-corrected chi connectivity index (χ3v) is 3.03. The number of aromatic nitrogens is 3. The van der Waals surface area contributed by atoms with Crippen LogP contribution >= 0.6 is 0 Å². The molecule has 0 radical (unpaired) electrons. The first kappa shape index (κ1) is 14.2. The number of para-hydroxylation sites is 2. The van der Waals surface area contributed by atoms with E-state index in [2.05, 4.69) is 15.0 Å². The maximum Gasteiger partial charge on any atom is 0.240 e. The number of fused-ring (bicyclic) bond motifs is 1. The Balaban J connectivity index is 2.03. The molecular formula is C18H17N3O. The highest BCUT2D eigenvalue weighted by atomic mass is 16.5. The van der Waals surface area contributed by atoms with Crippen LogP contribution < -0.4 is 4.74 Å². The lowest BCUT2D eigenvalue weighted by molar-refractivity contribution is 0.232. The highest BCUT2D eigenvalue weighted by Gasteiger charge is 2.09. The van der Waals surface area contributed by atoms with Crippen LogP contribution in [0.15, 0.2) is 48.8 Å². The van der Waals surface area contributed by atoms with Crippen LogP contribution in [0.2, 0.25) is 0 Å². The van der Waals surface area contributed by atoms with Gasteiger partial charge in [-0.2, -0.15) is 0 Å². The first-order valence-electron chi connectivity index (χ1n) is 7.24. The van der Waals surface area contributed by atoms with Crippen molar-refractivity contribution in [3.05, 3.63) is 60.0 Å². The summed E-state index contributed by atoms with van der Waals surface area (Å²) < 4.78 is 5.80. The van der Waals surface area contributed by atoms with Gasteiger partial charge < -0.3 is 4.74 Å². The summed E-state index contributed by atoms with van der Waals surface area (Å²) in [5.74, 6) is 0.550. The van der Waals surface area contributed by atoms with Gasteiger partial charge in [-0.25, -0.2) is 9.97 Å². The molecule has 4 heteroatoms. The quantitative estimate of drug-likeness (QED) is 0.729. The smallest absolute Gasteiger partial charge is 0.240 e. The number of hydrogen-bond acceptors (Lipinski definition) is 4. The Morgan fingerprint density at radius 3 is 2.41 bits per heavy atom. The molecule has 0 atom stereocenters. The van der Waals surface area contributed by atoms with Gasteiger partial charge in [-0.1, -0.05) is 24.3 Å². The maximum atomic E-state index is 5.80. The highest BCUT2D eigenvalue weighted by Crippen LogP contribution is 2.22. The fourth-order valence-corrected chi connectivity index (χ4v) is 2.07. The van der Waals surface area contributed by atoms with Crippen molar-refractivity contribution in [1.29, 1.82) is 0 Å². The Morgan fingerprint density at radius 1 is 0.955 bits per heavy atom. The molecule has 3 rings (SSSR count). The van der Waals surface area contributed by atoms with Gasteiger partial charge in [0.15, 0.2) is 0 Å². The normalized spacial score (nSPS) is 11.4. The molecule has 4 nitrogen and oxygen atoms in total. The van der Waals surface area contributed by atoms with Gasteiger partial charge in [0.05, 0.1) is 17.1 Å². The third-order valence-electron chi connectivity index (χ3n) is 3.03. The number of pyridine rings is 1. The lowest BCUT2D eigenvalue weighted by Crippen LogP contribution is -2.09. The molecule has 1 aromatic carbocycles. The summed E-state index contributed by atoms with van der Waals surface area (Å²) in [4.78, 5) is 13.3. The Kier molecular flexibility index (Phi) is 4.10. The van der Waals surface area contributed by atoms with Gasteiger partial charge >= 0.3 is 0 Å². The van der Waals surface area contributed by atoms with E-state index in [0.717, 1.165) is 22.3 Å². The van der Waals surface area contributed by atoms with Crippen LogP contribution in [0.5, 0.6) is 5.88 Å². The van der Waals surface area contributed by atoms with Crippen molar-refractivity contribution >= 4 is 23.2 Å². The van der Waals surface area contributed by atoms with Crippen LogP contribution in [0.4, 0.5) is 0 Å². The van der Waals surface area contributed by atoms with Crippen molar-refractivity contribution < 1.29 is 4.74 Å². The van der Waals surface area contributed by atoms with Crippen molar-refractivity contribution in [3.8, 4) is 5.88 Å². The Bertz CT molecular complexity index is 798. The van der Waals surface area contributed by atoms with E-state index in [1.54, 1.807) is 12.4 Å². The fraction of sp³-hybridized carbons (Fsp3) is 0.167. The molecule has 2 heterocycles. The molecule has 3 aromatic rings. The molecule has 0 saturated carbocycles. The molecule has 0 aliphatic rings. The summed E-state index contributed by atoms with van der Waals surface area (Å²) in [7, 11) is 0. The van der Waals surface area contributed by atoms with Gasteiger partial charge in [-0.3, -0.25) is 4.98 Å². The van der Waals surface area contributed by atoms with E-state index in [4.69, 9.17) is 4.74 Å². The largest absolute Gasteiger partial charge is 0.473 e. The lowest BCUT2D eigenvalue weighted by Gasteiger charge is -2.11. The maximum absolute atomic E-state index is 5.80. The molecule has 0 N–H and O–H groups in total. The fourth-order valence-electron chi connectivity index (χ4n) is 2.07. The molecule has 0 saturated heterocycles. The molecule has 0 fully saturated rings. The van der Waals surface area contributed by atoms with Crippen molar-refractivity contribution in [2.24, 2.45) is 0 Å². The molecule has 0 aliphatic carbocycles. The van der Waals surface area contributed by atoms with E-state index in [-0.39, 0.29) is 6.10 Å². The summed E-state index contributed by atoms with van der Waals surface area (Å²) in [5.41, 5.74) is 3.41. The monoisotopic (exact) mass is 291 g/mol. The lowest BCUT2D eigenvalue weighted by atomic mass is 10.2. The van der Waals surface area contributed by atoms with Crippen molar-refractivity contribution in [2.75, 3.05) is 0 Å². The zero-order chi connectivity index (χ0) is 15.4. The predicted molar refractivity (Wildman–Crippen MR) is 88.5 cm³/mol. The number of hydrogen-bond donors (Lipinski definition) is 0. The van der Waals surface area contributed by atoms with E-state index in [9.17, 15) is 0 Å². The van der Waals surface area contributed by atoms with Gasteiger partial charge in [-0.15, -0.1) is 0 Å².